The van der Waals surface area contributed by atoms with Crippen LogP contribution in [0, 0.1) is 6.92 Å². The van der Waals surface area contributed by atoms with Crippen molar-refractivity contribution >= 4 is 10.8 Å². The van der Waals surface area contributed by atoms with Gasteiger partial charge in [-0.15, -0.1) is 0 Å². The topological polar surface area (TPSA) is 9.23 Å². The molecule has 0 fully saturated rings. The summed E-state index contributed by atoms with van der Waals surface area (Å²) in [5, 5.41) is 2.37. The zero-order valence-corrected chi connectivity index (χ0v) is 10.1. The van der Waals surface area contributed by atoms with Crippen molar-refractivity contribution < 1.29 is 4.74 Å². The molecule has 2 aromatic carbocycles. The Balaban J connectivity index is 2.38. The molecule has 86 valence electrons. The van der Waals surface area contributed by atoms with E-state index in [1.165, 1.54) is 10.9 Å². The van der Waals surface area contributed by atoms with Gasteiger partial charge in [0.25, 0.3) is 0 Å². The number of hydrogen-bond acceptors (Lipinski definition) is 1. The zero-order valence-electron chi connectivity index (χ0n) is 10.1. The molecule has 0 spiro atoms. The molecule has 0 bridgehead atoms. The molecule has 2 aromatic rings. The minimum Gasteiger partial charge on any atom is -0.488 e. The van der Waals surface area contributed by atoms with Crippen LogP contribution in [0.3, 0.4) is 0 Å². The van der Waals surface area contributed by atoms with Crippen LogP contribution in [-0.4, -0.2) is 6.61 Å². The lowest BCUT2D eigenvalue weighted by molar-refractivity contribution is 0.360. The van der Waals surface area contributed by atoms with Gasteiger partial charge >= 0.3 is 0 Å². The fourth-order valence-electron chi connectivity index (χ4n) is 1.78. The summed E-state index contributed by atoms with van der Waals surface area (Å²) in [6.45, 7) is 10.1. The number of benzene rings is 2. The summed E-state index contributed by atoms with van der Waals surface area (Å²) >= 11 is 0. The summed E-state index contributed by atoms with van der Waals surface area (Å²) in [6.07, 6.45) is 1.72. The van der Waals surface area contributed by atoms with Crippen LogP contribution in [-0.2, 0) is 0 Å². The summed E-state index contributed by atoms with van der Waals surface area (Å²) in [4.78, 5) is 0. The van der Waals surface area contributed by atoms with E-state index in [0.717, 1.165) is 16.7 Å². The molecule has 0 aromatic heterocycles. The van der Waals surface area contributed by atoms with Crippen molar-refractivity contribution in [1.82, 2.24) is 0 Å². The van der Waals surface area contributed by atoms with E-state index in [1.807, 2.05) is 18.2 Å². The molecule has 0 N–H and O–H groups in total. The first-order valence-electron chi connectivity index (χ1n) is 5.63. The number of ether oxygens (including phenoxy) is 1. The van der Waals surface area contributed by atoms with Crippen molar-refractivity contribution in [2.24, 2.45) is 0 Å². The average Bonchev–Trinajstić information content (AvgIpc) is 2.38. The molecule has 1 heteroatoms. The molecule has 0 saturated carbocycles. The van der Waals surface area contributed by atoms with Crippen LogP contribution in [0.5, 0.6) is 5.75 Å². The summed E-state index contributed by atoms with van der Waals surface area (Å²) in [7, 11) is 0. The quantitative estimate of drug-likeness (QED) is 0.705. The molecule has 2 rings (SSSR count). The van der Waals surface area contributed by atoms with E-state index in [0.29, 0.717) is 6.61 Å². The Bertz CT molecular complexity index is 567. The minimum absolute atomic E-state index is 0.483. The maximum absolute atomic E-state index is 5.76. The average molecular weight is 224 g/mol. The standard InChI is InChI=1S/C16H16O/c1-4-12(2)11-17-16-10-9-13(3)14-7-5-6-8-15(14)16/h4-10H,1-2,11H2,3H3. The Morgan fingerprint density at radius 1 is 1.18 bits per heavy atom. The predicted octanol–water partition coefficient (Wildman–Crippen LogP) is 4.27. The van der Waals surface area contributed by atoms with Gasteiger partial charge < -0.3 is 4.74 Å². The van der Waals surface area contributed by atoms with E-state index in [9.17, 15) is 0 Å². The SMILES string of the molecule is C=CC(=C)COc1ccc(C)c2ccccc12. The van der Waals surface area contributed by atoms with E-state index < -0.39 is 0 Å². The first-order valence-corrected chi connectivity index (χ1v) is 5.63. The lowest BCUT2D eigenvalue weighted by Crippen LogP contribution is -1.99. The highest BCUT2D eigenvalue weighted by atomic mass is 16.5. The van der Waals surface area contributed by atoms with E-state index >= 15 is 0 Å². The fourth-order valence-corrected chi connectivity index (χ4v) is 1.78. The van der Waals surface area contributed by atoms with Gasteiger partial charge in [-0.05, 0) is 29.5 Å². The van der Waals surface area contributed by atoms with E-state index in [-0.39, 0.29) is 0 Å². The maximum Gasteiger partial charge on any atom is 0.127 e. The van der Waals surface area contributed by atoms with Crippen LogP contribution in [0.15, 0.2) is 61.2 Å². The molecule has 0 aliphatic rings. The van der Waals surface area contributed by atoms with E-state index in [1.54, 1.807) is 6.08 Å². The van der Waals surface area contributed by atoms with Gasteiger partial charge in [0.05, 0.1) is 0 Å². The Kier molecular flexibility index (Phi) is 3.29. The molecule has 0 aliphatic carbocycles. The summed E-state index contributed by atoms with van der Waals surface area (Å²) in [5.41, 5.74) is 2.14. The number of hydrogen-bond donors (Lipinski definition) is 0. The Morgan fingerprint density at radius 2 is 1.88 bits per heavy atom. The van der Waals surface area contributed by atoms with Crippen LogP contribution < -0.4 is 4.74 Å². The molecular weight excluding hydrogens is 208 g/mol. The molecule has 0 radical (unpaired) electrons. The van der Waals surface area contributed by atoms with Crippen molar-refractivity contribution in [3.63, 3.8) is 0 Å². The summed E-state index contributed by atoms with van der Waals surface area (Å²) < 4.78 is 5.76. The van der Waals surface area contributed by atoms with Gasteiger partial charge in [-0.1, -0.05) is 49.6 Å². The third kappa shape index (κ3) is 2.39. The molecular formula is C16H16O. The smallest absolute Gasteiger partial charge is 0.127 e. The van der Waals surface area contributed by atoms with E-state index in [4.69, 9.17) is 4.74 Å². The first kappa shape index (κ1) is 11.5. The van der Waals surface area contributed by atoms with Gasteiger partial charge in [-0.3, -0.25) is 0 Å². The second-order valence-electron chi connectivity index (χ2n) is 4.08. The molecule has 0 saturated heterocycles. The monoisotopic (exact) mass is 224 g/mol. The molecule has 0 heterocycles. The van der Waals surface area contributed by atoms with Gasteiger partial charge in [0.2, 0.25) is 0 Å². The molecule has 17 heavy (non-hydrogen) atoms. The third-order valence-corrected chi connectivity index (χ3v) is 2.80. The predicted molar refractivity (Wildman–Crippen MR) is 73.5 cm³/mol. The number of rotatable bonds is 4. The van der Waals surface area contributed by atoms with Gasteiger partial charge in [0, 0.05) is 5.39 Å². The highest BCUT2D eigenvalue weighted by Gasteiger charge is 2.03. The third-order valence-electron chi connectivity index (χ3n) is 2.80. The van der Waals surface area contributed by atoms with Crippen LogP contribution >= 0.6 is 0 Å². The molecule has 0 unspecified atom stereocenters. The Morgan fingerprint density at radius 3 is 2.59 bits per heavy atom. The minimum atomic E-state index is 0.483. The van der Waals surface area contributed by atoms with Crippen molar-refractivity contribution in [1.29, 1.82) is 0 Å². The van der Waals surface area contributed by atoms with Gasteiger partial charge in [-0.25, -0.2) is 0 Å². The van der Waals surface area contributed by atoms with Crippen molar-refractivity contribution in [2.75, 3.05) is 6.61 Å². The first-order chi connectivity index (χ1) is 8.22. The van der Waals surface area contributed by atoms with Crippen LogP contribution in [0.4, 0.5) is 0 Å². The second-order valence-corrected chi connectivity index (χ2v) is 4.08. The summed E-state index contributed by atoms with van der Waals surface area (Å²) in [5.74, 6) is 0.897. The number of fused-ring (bicyclic) bond motifs is 1. The number of aryl methyl sites for hydroxylation is 1. The maximum atomic E-state index is 5.76. The fraction of sp³-hybridized carbons (Fsp3) is 0.125. The molecule has 0 aliphatic heterocycles. The molecule has 0 atom stereocenters. The van der Waals surface area contributed by atoms with Crippen molar-refractivity contribution in [3.8, 4) is 5.75 Å². The lowest BCUT2D eigenvalue weighted by atomic mass is 10.0. The Hall–Kier alpha value is -2.02. The van der Waals surface area contributed by atoms with Gasteiger partial charge in [0.15, 0.2) is 0 Å². The van der Waals surface area contributed by atoms with Gasteiger partial charge in [-0.2, -0.15) is 0 Å². The lowest BCUT2D eigenvalue weighted by Gasteiger charge is -2.10. The van der Waals surface area contributed by atoms with Gasteiger partial charge in [0.1, 0.15) is 12.4 Å². The largest absolute Gasteiger partial charge is 0.488 e. The highest BCUT2D eigenvalue weighted by Crippen LogP contribution is 2.28. The highest BCUT2D eigenvalue weighted by molar-refractivity contribution is 5.90. The van der Waals surface area contributed by atoms with Crippen molar-refractivity contribution in [3.05, 3.63) is 66.8 Å². The molecule has 0 amide bonds. The van der Waals surface area contributed by atoms with Crippen LogP contribution in [0.1, 0.15) is 5.56 Å². The zero-order chi connectivity index (χ0) is 12.3. The van der Waals surface area contributed by atoms with Crippen LogP contribution in [0.2, 0.25) is 0 Å². The normalized spacial score (nSPS) is 10.2. The second kappa shape index (κ2) is 4.88. The van der Waals surface area contributed by atoms with E-state index in [2.05, 4.69) is 38.3 Å². The van der Waals surface area contributed by atoms with Crippen molar-refractivity contribution in [2.45, 2.75) is 6.92 Å². The van der Waals surface area contributed by atoms with Crippen LogP contribution in [0.25, 0.3) is 10.8 Å². The Labute approximate surface area is 102 Å². The molecule has 1 nitrogen and oxygen atoms in total. The summed E-state index contributed by atoms with van der Waals surface area (Å²) in [6, 6.07) is 12.3.